The molecule has 0 aromatic heterocycles. The molecule has 2 rings (SSSR count). The summed E-state index contributed by atoms with van der Waals surface area (Å²) in [6.45, 7) is 2.44. The highest BCUT2D eigenvalue weighted by molar-refractivity contribution is 7.80. The van der Waals surface area contributed by atoms with Crippen molar-refractivity contribution in [1.29, 1.82) is 0 Å². The van der Waals surface area contributed by atoms with Crippen molar-refractivity contribution in [3.63, 3.8) is 0 Å². The van der Waals surface area contributed by atoms with Gasteiger partial charge in [-0.3, -0.25) is 4.90 Å². The van der Waals surface area contributed by atoms with Crippen LogP contribution in [0.15, 0.2) is 18.2 Å². The van der Waals surface area contributed by atoms with E-state index in [9.17, 15) is 4.39 Å². The maximum absolute atomic E-state index is 14.0. The first-order valence-electron chi connectivity index (χ1n) is 6.43. The van der Waals surface area contributed by atoms with E-state index in [4.69, 9.17) is 22.7 Å². The van der Waals surface area contributed by atoms with Crippen molar-refractivity contribution in [2.24, 2.45) is 5.73 Å². The number of thiocarbonyl (C=S) groups is 1. The molecule has 0 spiro atoms. The molecule has 1 heterocycles. The summed E-state index contributed by atoms with van der Waals surface area (Å²) in [4.78, 5) is 2.44. The number of ether oxygens (including phenoxy) is 1. The third-order valence-corrected chi connectivity index (χ3v) is 3.76. The van der Waals surface area contributed by atoms with Crippen molar-refractivity contribution in [2.45, 2.75) is 25.5 Å². The van der Waals surface area contributed by atoms with Gasteiger partial charge in [-0.2, -0.15) is 0 Å². The molecular weight excluding hydrogens is 263 g/mol. The van der Waals surface area contributed by atoms with Gasteiger partial charge in [-0.05, 0) is 25.5 Å². The molecule has 1 aromatic rings. The maximum Gasteiger partial charge on any atom is 0.128 e. The lowest BCUT2D eigenvalue weighted by Crippen LogP contribution is -2.38. The molecule has 1 aliphatic rings. The lowest BCUT2D eigenvalue weighted by molar-refractivity contribution is 0.0282. The molecule has 19 heavy (non-hydrogen) atoms. The highest BCUT2D eigenvalue weighted by atomic mass is 32.1. The molecule has 1 atom stereocenters. The van der Waals surface area contributed by atoms with Crippen molar-refractivity contribution in [3.05, 3.63) is 35.1 Å². The Labute approximate surface area is 118 Å². The Morgan fingerprint density at radius 3 is 3.00 bits per heavy atom. The van der Waals surface area contributed by atoms with Crippen LogP contribution in [-0.4, -0.2) is 36.2 Å². The summed E-state index contributed by atoms with van der Waals surface area (Å²) in [5, 5.41) is 0. The quantitative estimate of drug-likeness (QED) is 0.858. The number of nitrogens with two attached hydrogens (primary N) is 1. The predicted molar refractivity (Wildman–Crippen MR) is 77.6 cm³/mol. The number of halogens is 1. The van der Waals surface area contributed by atoms with Crippen LogP contribution in [0.5, 0.6) is 0 Å². The monoisotopic (exact) mass is 282 g/mol. The van der Waals surface area contributed by atoms with Gasteiger partial charge in [0, 0.05) is 31.3 Å². The molecule has 1 saturated heterocycles. The molecule has 104 valence electrons. The van der Waals surface area contributed by atoms with Crippen molar-refractivity contribution < 1.29 is 9.13 Å². The van der Waals surface area contributed by atoms with E-state index in [1.54, 1.807) is 19.2 Å². The lowest BCUT2D eigenvalue weighted by Gasteiger charge is -2.31. The Morgan fingerprint density at radius 1 is 1.58 bits per heavy atom. The van der Waals surface area contributed by atoms with Crippen LogP contribution in [-0.2, 0) is 11.3 Å². The van der Waals surface area contributed by atoms with Crippen LogP contribution in [0, 0.1) is 5.82 Å². The summed E-state index contributed by atoms with van der Waals surface area (Å²) in [6, 6.07) is 4.95. The fourth-order valence-electron chi connectivity index (χ4n) is 2.42. The van der Waals surface area contributed by atoms with Gasteiger partial charge < -0.3 is 10.5 Å². The second kappa shape index (κ2) is 6.41. The van der Waals surface area contributed by atoms with Crippen LogP contribution in [0.1, 0.15) is 24.0 Å². The number of nitrogens with zero attached hydrogens (tertiary/aromatic N) is 1. The van der Waals surface area contributed by atoms with Gasteiger partial charge in [0.15, 0.2) is 0 Å². The molecule has 1 aromatic carbocycles. The highest BCUT2D eigenvalue weighted by Gasteiger charge is 2.20. The second-order valence-corrected chi connectivity index (χ2v) is 5.35. The fraction of sp³-hybridized carbons (Fsp3) is 0.500. The van der Waals surface area contributed by atoms with Gasteiger partial charge >= 0.3 is 0 Å². The molecule has 2 N–H and O–H groups in total. The SMILES string of the molecule is COC1CCCN(Cc2ccc(C(N)=S)cc2F)C1. The number of methoxy groups -OCH3 is 1. The molecule has 1 fully saturated rings. The number of hydrogen-bond donors (Lipinski definition) is 1. The van der Waals surface area contributed by atoms with Crippen molar-refractivity contribution in [3.8, 4) is 0 Å². The molecule has 1 aliphatic heterocycles. The van der Waals surface area contributed by atoms with Gasteiger partial charge in [-0.25, -0.2) is 4.39 Å². The zero-order valence-electron chi connectivity index (χ0n) is 11.1. The largest absolute Gasteiger partial charge is 0.389 e. The summed E-state index contributed by atoms with van der Waals surface area (Å²) >= 11 is 4.84. The smallest absolute Gasteiger partial charge is 0.128 e. The van der Waals surface area contributed by atoms with E-state index < -0.39 is 0 Å². The minimum Gasteiger partial charge on any atom is -0.389 e. The summed E-state index contributed by atoms with van der Waals surface area (Å²) in [5.41, 5.74) is 6.74. The molecule has 0 saturated carbocycles. The second-order valence-electron chi connectivity index (χ2n) is 4.91. The average molecular weight is 282 g/mol. The standard InChI is InChI=1S/C14H19FN2OS/c1-18-12-3-2-6-17(9-12)8-11-5-4-10(14(16)19)7-13(11)15/h4-5,7,12H,2-3,6,8-9H2,1H3,(H2,16,19). The molecule has 0 aliphatic carbocycles. The minimum absolute atomic E-state index is 0.225. The van der Waals surface area contributed by atoms with Gasteiger partial charge in [0.25, 0.3) is 0 Å². The van der Waals surface area contributed by atoms with Crippen LogP contribution in [0.2, 0.25) is 0 Å². The summed E-state index contributed by atoms with van der Waals surface area (Å²) < 4.78 is 19.3. The molecule has 0 radical (unpaired) electrons. The van der Waals surface area contributed by atoms with Crippen LogP contribution in [0.4, 0.5) is 4.39 Å². The summed E-state index contributed by atoms with van der Waals surface area (Å²) in [7, 11) is 1.73. The van der Waals surface area contributed by atoms with E-state index in [1.807, 2.05) is 0 Å². The zero-order valence-corrected chi connectivity index (χ0v) is 11.9. The zero-order chi connectivity index (χ0) is 13.8. The first kappa shape index (κ1) is 14.4. The minimum atomic E-state index is -0.246. The van der Waals surface area contributed by atoms with E-state index in [-0.39, 0.29) is 16.9 Å². The summed E-state index contributed by atoms with van der Waals surface area (Å²) in [6.07, 6.45) is 2.42. The Morgan fingerprint density at radius 2 is 2.37 bits per heavy atom. The first-order valence-corrected chi connectivity index (χ1v) is 6.84. The third-order valence-electron chi connectivity index (χ3n) is 3.53. The van der Waals surface area contributed by atoms with Crippen molar-refractivity contribution in [1.82, 2.24) is 4.90 Å². The van der Waals surface area contributed by atoms with E-state index >= 15 is 0 Å². The van der Waals surface area contributed by atoms with Crippen LogP contribution >= 0.6 is 12.2 Å². The number of piperidine rings is 1. The van der Waals surface area contributed by atoms with Gasteiger partial charge in [0.05, 0.1) is 6.10 Å². The number of benzene rings is 1. The topological polar surface area (TPSA) is 38.5 Å². The molecular formula is C14H19FN2OS. The number of likely N-dealkylation sites (tertiary alicyclic amines) is 1. The lowest BCUT2D eigenvalue weighted by atomic mass is 10.1. The van der Waals surface area contributed by atoms with Gasteiger partial charge in [0.1, 0.15) is 10.8 Å². The van der Waals surface area contributed by atoms with E-state index in [2.05, 4.69) is 4.90 Å². The Kier molecular flexibility index (Phi) is 4.85. The molecule has 1 unspecified atom stereocenters. The molecule has 3 nitrogen and oxygen atoms in total. The van der Waals surface area contributed by atoms with Gasteiger partial charge in [-0.15, -0.1) is 0 Å². The van der Waals surface area contributed by atoms with E-state index in [0.717, 1.165) is 25.9 Å². The average Bonchev–Trinajstić information content (AvgIpc) is 2.41. The highest BCUT2D eigenvalue weighted by Crippen LogP contribution is 2.18. The molecule has 0 amide bonds. The Hall–Kier alpha value is -1.04. The van der Waals surface area contributed by atoms with E-state index in [1.165, 1.54) is 6.07 Å². The van der Waals surface area contributed by atoms with Crippen molar-refractivity contribution in [2.75, 3.05) is 20.2 Å². The normalized spacial score (nSPS) is 20.4. The van der Waals surface area contributed by atoms with E-state index in [0.29, 0.717) is 17.7 Å². The van der Waals surface area contributed by atoms with Gasteiger partial charge in [-0.1, -0.05) is 24.4 Å². The molecule has 0 bridgehead atoms. The van der Waals surface area contributed by atoms with Crippen LogP contribution < -0.4 is 5.73 Å². The molecule has 5 heteroatoms. The van der Waals surface area contributed by atoms with Crippen molar-refractivity contribution >= 4 is 17.2 Å². The van der Waals surface area contributed by atoms with Crippen LogP contribution in [0.3, 0.4) is 0 Å². The first-order chi connectivity index (χ1) is 9.10. The third kappa shape index (κ3) is 3.72. The van der Waals surface area contributed by atoms with Gasteiger partial charge in [0.2, 0.25) is 0 Å². The Balaban J connectivity index is 2.04. The predicted octanol–water partition coefficient (Wildman–Crippen LogP) is 2.07. The fourth-order valence-corrected chi connectivity index (χ4v) is 2.55. The summed E-state index contributed by atoms with van der Waals surface area (Å²) in [5.74, 6) is -0.246. The maximum atomic E-state index is 14.0. The Bertz CT molecular complexity index is 467. The van der Waals surface area contributed by atoms with Crippen LogP contribution in [0.25, 0.3) is 0 Å². The number of rotatable bonds is 4. The number of hydrogen-bond acceptors (Lipinski definition) is 3.